The number of halogens is 1. The Kier molecular flexibility index (Phi) is 5.92. The molecule has 0 N–H and O–H groups in total. The van der Waals surface area contributed by atoms with Crippen LogP contribution in [0.25, 0.3) is 6.08 Å². The maximum Gasteiger partial charge on any atom is 0.338 e. The normalized spacial score (nSPS) is 16.2. The molecule has 32 heavy (non-hydrogen) atoms. The number of allylic oxidation sites excluding steroid dienone is 1. The van der Waals surface area contributed by atoms with E-state index in [-0.39, 0.29) is 17.7 Å². The Labute approximate surface area is 187 Å². The molecular formula is C23H23FN4O3S. The fourth-order valence-electron chi connectivity index (χ4n) is 3.73. The van der Waals surface area contributed by atoms with Crippen molar-refractivity contribution in [2.75, 3.05) is 6.61 Å². The summed E-state index contributed by atoms with van der Waals surface area (Å²) in [6.07, 6.45) is 3.68. The third kappa shape index (κ3) is 3.84. The van der Waals surface area contributed by atoms with Crippen LogP contribution in [0.3, 0.4) is 0 Å². The van der Waals surface area contributed by atoms with Gasteiger partial charge >= 0.3 is 5.97 Å². The van der Waals surface area contributed by atoms with Gasteiger partial charge < -0.3 is 4.74 Å². The summed E-state index contributed by atoms with van der Waals surface area (Å²) >= 11 is 1.25. The topological polar surface area (TPSA) is 78.5 Å². The van der Waals surface area contributed by atoms with Gasteiger partial charge in [0.25, 0.3) is 5.56 Å². The minimum absolute atomic E-state index is 0.191. The van der Waals surface area contributed by atoms with Gasteiger partial charge in [-0.3, -0.25) is 14.0 Å². The lowest BCUT2D eigenvalue weighted by Gasteiger charge is -2.24. The van der Waals surface area contributed by atoms with Crippen LogP contribution >= 0.6 is 11.3 Å². The number of ether oxygens (including phenoxy) is 1. The lowest BCUT2D eigenvalue weighted by Crippen LogP contribution is -2.39. The van der Waals surface area contributed by atoms with Crippen LogP contribution in [-0.2, 0) is 16.1 Å². The van der Waals surface area contributed by atoms with Crippen LogP contribution in [0.2, 0.25) is 0 Å². The first kappa shape index (κ1) is 21.9. The van der Waals surface area contributed by atoms with Crippen molar-refractivity contribution in [1.82, 2.24) is 14.3 Å². The molecule has 0 spiro atoms. The molecule has 1 aliphatic heterocycles. The zero-order valence-electron chi connectivity index (χ0n) is 18.3. The third-order valence-corrected chi connectivity index (χ3v) is 6.28. The number of carbonyl (C=O) groups excluding carboxylic acids is 1. The van der Waals surface area contributed by atoms with Crippen LogP contribution in [0.4, 0.5) is 4.39 Å². The first-order chi connectivity index (χ1) is 15.3. The average molecular weight is 455 g/mol. The summed E-state index contributed by atoms with van der Waals surface area (Å²) in [5, 5.41) is 4.43. The van der Waals surface area contributed by atoms with E-state index in [0.717, 1.165) is 17.8 Å². The fraction of sp³-hybridized carbons (Fsp3) is 0.304. The van der Waals surface area contributed by atoms with Gasteiger partial charge in [-0.05, 0) is 51.5 Å². The van der Waals surface area contributed by atoms with Gasteiger partial charge in [0.05, 0.1) is 34.1 Å². The monoisotopic (exact) mass is 454 g/mol. The molecule has 0 saturated heterocycles. The second-order valence-electron chi connectivity index (χ2n) is 7.38. The maximum atomic E-state index is 13.6. The average Bonchev–Trinajstić information content (AvgIpc) is 3.27. The van der Waals surface area contributed by atoms with Crippen LogP contribution in [-0.4, -0.2) is 26.9 Å². The highest BCUT2D eigenvalue weighted by molar-refractivity contribution is 7.07. The molecule has 0 bridgehead atoms. The Balaban J connectivity index is 1.95. The zero-order valence-corrected chi connectivity index (χ0v) is 19.1. The van der Waals surface area contributed by atoms with Gasteiger partial charge in [-0.25, -0.2) is 14.2 Å². The largest absolute Gasteiger partial charge is 0.463 e. The van der Waals surface area contributed by atoms with Gasteiger partial charge in [0.1, 0.15) is 5.82 Å². The molecule has 0 radical (unpaired) electrons. The van der Waals surface area contributed by atoms with Crippen LogP contribution in [0, 0.1) is 12.7 Å². The van der Waals surface area contributed by atoms with Crippen molar-refractivity contribution in [2.45, 2.75) is 40.3 Å². The lowest BCUT2D eigenvalue weighted by molar-refractivity contribution is -0.139. The minimum Gasteiger partial charge on any atom is -0.463 e. The Hall–Kier alpha value is -3.33. The lowest BCUT2D eigenvalue weighted by atomic mass is 9.96. The predicted octanol–water partition coefficient (Wildman–Crippen LogP) is 2.46. The third-order valence-electron chi connectivity index (χ3n) is 5.30. The number of nitrogens with zero attached hydrogens (tertiary/aromatic N) is 4. The van der Waals surface area contributed by atoms with E-state index < -0.39 is 17.8 Å². The molecule has 166 valence electrons. The molecule has 7 nitrogen and oxygen atoms in total. The molecule has 0 unspecified atom stereocenters. The summed E-state index contributed by atoms with van der Waals surface area (Å²) in [5.41, 5.74) is 2.73. The summed E-state index contributed by atoms with van der Waals surface area (Å²) in [6.45, 7) is 8.23. The first-order valence-corrected chi connectivity index (χ1v) is 11.1. The zero-order chi connectivity index (χ0) is 23.0. The number of hydrogen-bond donors (Lipinski definition) is 0. The summed E-state index contributed by atoms with van der Waals surface area (Å²) in [5.74, 6) is -0.944. The number of rotatable bonds is 5. The number of carbonyl (C=O) groups is 1. The number of fused-ring (bicyclic) bond motifs is 1. The van der Waals surface area contributed by atoms with Crippen molar-refractivity contribution < 1.29 is 13.9 Å². The van der Waals surface area contributed by atoms with Crippen LogP contribution in [0.15, 0.2) is 51.5 Å². The van der Waals surface area contributed by atoms with Crippen molar-refractivity contribution in [1.29, 1.82) is 0 Å². The van der Waals surface area contributed by atoms with Crippen LogP contribution in [0.5, 0.6) is 0 Å². The molecule has 0 saturated carbocycles. The van der Waals surface area contributed by atoms with Gasteiger partial charge in [-0.1, -0.05) is 23.5 Å². The number of benzene rings is 1. The van der Waals surface area contributed by atoms with Gasteiger partial charge in [-0.2, -0.15) is 5.10 Å². The van der Waals surface area contributed by atoms with Crippen molar-refractivity contribution in [2.24, 2.45) is 4.99 Å². The number of esters is 1. The highest BCUT2D eigenvalue weighted by Crippen LogP contribution is 2.30. The smallest absolute Gasteiger partial charge is 0.338 e. The van der Waals surface area contributed by atoms with Gasteiger partial charge in [0, 0.05) is 18.3 Å². The molecule has 0 aliphatic carbocycles. The fourth-order valence-corrected chi connectivity index (χ4v) is 4.77. The Morgan fingerprint density at radius 3 is 2.59 bits per heavy atom. The molecule has 4 rings (SSSR count). The van der Waals surface area contributed by atoms with E-state index >= 15 is 0 Å². The number of aromatic nitrogens is 3. The van der Waals surface area contributed by atoms with Gasteiger partial charge in [0.2, 0.25) is 0 Å². The number of thiazole rings is 1. The van der Waals surface area contributed by atoms with E-state index in [1.807, 2.05) is 24.7 Å². The molecule has 3 heterocycles. The van der Waals surface area contributed by atoms with Crippen molar-refractivity contribution in [3.8, 4) is 0 Å². The molecule has 2 aromatic heterocycles. The molecule has 9 heteroatoms. The van der Waals surface area contributed by atoms with Gasteiger partial charge in [-0.15, -0.1) is 0 Å². The van der Waals surface area contributed by atoms with Gasteiger partial charge in [0.15, 0.2) is 4.80 Å². The molecular weight excluding hydrogens is 431 g/mol. The highest BCUT2D eigenvalue weighted by Gasteiger charge is 2.33. The van der Waals surface area contributed by atoms with E-state index in [4.69, 9.17) is 4.74 Å². The van der Waals surface area contributed by atoms with E-state index in [1.165, 1.54) is 28.0 Å². The number of aryl methyl sites for hydroxylation is 2. The molecule has 3 aromatic rings. The molecule has 1 aliphatic rings. The molecule has 1 aromatic carbocycles. The Bertz CT molecular complexity index is 1400. The van der Waals surface area contributed by atoms with E-state index in [9.17, 15) is 14.0 Å². The van der Waals surface area contributed by atoms with Crippen molar-refractivity contribution in [3.63, 3.8) is 0 Å². The Morgan fingerprint density at radius 2 is 1.97 bits per heavy atom. The maximum absolute atomic E-state index is 13.6. The second-order valence-corrected chi connectivity index (χ2v) is 8.39. The molecule has 0 fully saturated rings. The van der Waals surface area contributed by atoms with Crippen molar-refractivity contribution >= 4 is 23.4 Å². The number of hydrogen-bond acceptors (Lipinski definition) is 6. The van der Waals surface area contributed by atoms with Crippen molar-refractivity contribution in [3.05, 3.63) is 84.1 Å². The van der Waals surface area contributed by atoms with Crippen LogP contribution in [0.1, 0.15) is 43.6 Å². The van der Waals surface area contributed by atoms with E-state index in [0.29, 0.717) is 20.6 Å². The summed E-state index contributed by atoms with van der Waals surface area (Å²) in [7, 11) is 0. The second kappa shape index (κ2) is 8.66. The Morgan fingerprint density at radius 1 is 1.25 bits per heavy atom. The molecule has 0 amide bonds. The van der Waals surface area contributed by atoms with Crippen LogP contribution < -0.4 is 14.9 Å². The minimum atomic E-state index is -0.757. The first-order valence-electron chi connectivity index (χ1n) is 10.3. The van der Waals surface area contributed by atoms with E-state index in [1.54, 1.807) is 32.1 Å². The predicted molar refractivity (Wildman–Crippen MR) is 119 cm³/mol. The quantitative estimate of drug-likeness (QED) is 0.555. The molecule has 1 atom stereocenters. The van der Waals surface area contributed by atoms with E-state index in [2.05, 4.69) is 10.1 Å². The standard InChI is InChI=1S/C23H23FN4O3S/c1-5-27-12-16(13(3)26-27)11-18-21(29)28-20(15-7-9-17(24)10-8-15)19(22(30)31-6-2)14(4)25-23(28)32-18/h7-12,20H,5-6H2,1-4H3/t20-/m0/s1. The summed E-state index contributed by atoms with van der Waals surface area (Å²) in [4.78, 5) is 31.3. The summed E-state index contributed by atoms with van der Waals surface area (Å²) in [6, 6.07) is 5.01. The highest BCUT2D eigenvalue weighted by atomic mass is 32.1. The SMILES string of the molecule is CCOC(=O)C1=C(C)N=c2sc(=Cc3cn(CC)nc3C)c(=O)n2[C@H]1c1ccc(F)cc1. The summed E-state index contributed by atoms with van der Waals surface area (Å²) < 4.78 is 22.6.